The van der Waals surface area contributed by atoms with Gasteiger partial charge in [-0.05, 0) is 38.4 Å². The summed E-state index contributed by atoms with van der Waals surface area (Å²) in [4.78, 5) is 41.2. The van der Waals surface area contributed by atoms with E-state index in [-0.39, 0.29) is 30.1 Å². The van der Waals surface area contributed by atoms with Crippen molar-refractivity contribution in [1.29, 1.82) is 0 Å². The number of hydrogen-bond donors (Lipinski definition) is 0. The molecule has 2 heterocycles. The molecule has 9 heteroatoms. The Hall–Kier alpha value is -3.07. The van der Waals surface area contributed by atoms with Crippen molar-refractivity contribution >= 4 is 23.3 Å². The van der Waals surface area contributed by atoms with Crippen LogP contribution in [0.25, 0.3) is 0 Å². The normalized spacial score (nSPS) is 16.2. The summed E-state index contributed by atoms with van der Waals surface area (Å²) in [7, 11) is 9.20. The lowest BCUT2D eigenvalue weighted by Crippen LogP contribution is -2.35. The Morgan fingerprint density at radius 1 is 1.13 bits per heavy atom. The minimum atomic E-state index is -0.337. The maximum atomic E-state index is 13.3. The molecule has 1 saturated heterocycles. The van der Waals surface area contributed by atoms with Crippen molar-refractivity contribution in [1.82, 2.24) is 19.8 Å². The molecule has 8 nitrogen and oxygen atoms in total. The fraction of sp³-hybridized carbons (Fsp3) is 0.455. The third-order valence-electron chi connectivity index (χ3n) is 5.17. The highest BCUT2D eigenvalue weighted by molar-refractivity contribution is 5.96. The van der Waals surface area contributed by atoms with Gasteiger partial charge in [-0.1, -0.05) is 0 Å². The number of amides is 2. The lowest BCUT2D eigenvalue weighted by atomic mass is 10.0. The van der Waals surface area contributed by atoms with Crippen molar-refractivity contribution in [2.75, 3.05) is 58.1 Å². The zero-order valence-electron chi connectivity index (χ0n) is 18.7. The molecule has 1 fully saturated rings. The van der Waals surface area contributed by atoms with E-state index in [1.807, 2.05) is 44.1 Å². The maximum Gasteiger partial charge on any atom is 0.236 e. The SMILES string of the molecule is CN(C)CC(=O)N(C)Cc1nc([C@@H]2CC(=O)N(c3ccc(F)cc3)C2)cc(N(C)C)n1. The molecule has 1 aliphatic rings. The minimum Gasteiger partial charge on any atom is -0.363 e. The average molecular weight is 429 g/mol. The van der Waals surface area contributed by atoms with Gasteiger partial charge in [-0.2, -0.15) is 0 Å². The highest BCUT2D eigenvalue weighted by atomic mass is 19.1. The first-order valence-electron chi connectivity index (χ1n) is 10.1. The Kier molecular flexibility index (Phi) is 6.84. The summed E-state index contributed by atoms with van der Waals surface area (Å²) >= 11 is 0. The van der Waals surface area contributed by atoms with Crippen molar-refractivity contribution in [3.05, 3.63) is 47.7 Å². The lowest BCUT2D eigenvalue weighted by Gasteiger charge is -2.21. The maximum absolute atomic E-state index is 13.3. The van der Waals surface area contributed by atoms with Crippen LogP contribution in [0.2, 0.25) is 0 Å². The van der Waals surface area contributed by atoms with Gasteiger partial charge in [-0.3, -0.25) is 9.59 Å². The van der Waals surface area contributed by atoms with Crippen LogP contribution in [0.5, 0.6) is 0 Å². The van der Waals surface area contributed by atoms with E-state index in [9.17, 15) is 14.0 Å². The van der Waals surface area contributed by atoms with Crippen molar-refractivity contribution in [2.45, 2.75) is 18.9 Å². The number of halogens is 1. The van der Waals surface area contributed by atoms with Crippen LogP contribution < -0.4 is 9.80 Å². The van der Waals surface area contributed by atoms with Crippen LogP contribution in [0.1, 0.15) is 23.9 Å². The number of anilines is 2. The molecule has 1 atom stereocenters. The number of rotatable bonds is 7. The fourth-order valence-corrected chi connectivity index (χ4v) is 3.48. The summed E-state index contributed by atoms with van der Waals surface area (Å²) in [5.41, 5.74) is 1.44. The number of aromatic nitrogens is 2. The van der Waals surface area contributed by atoms with E-state index in [4.69, 9.17) is 4.98 Å². The number of benzene rings is 1. The van der Waals surface area contributed by atoms with Crippen LogP contribution in [0.4, 0.5) is 15.9 Å². The van der Waals surface area contributed by atoms with Gasteiger partial charge in [0.25, 0.3) is 0 Å². The number of carbonyl (C=O) groups is 2. The Labute approximate surface area is 182 Å². The molecule has 0 spiro atoms. The van der Waals surface area contributed by atoms with Gasteiger partial charge in [-0.15, -0.1) is 0 Å². The standard InChI is InChI=1S/C22H29FN6O2/c1-26(2)14-22(31)28(5)13-19-24-18(11-20(25-19)27(3)4)15-10-21(30)29(12-15)17-8-6-16(23)7-9-17/h6-9,11,15H,10,12-14H2,1-5H3/t15-/m1/s1. The van der Waals surface area contributed by atoms with Crippen LogP contribution in [-0.2, 0) is 16.1 Å². The first kappa shape index (κ1) is 22.6. The van der Waals surface area contributed by atoms with Gasteiger partial charge in [0, 0.05) is 51.8 Å². The molecule has 1 aliphatic heterocycles. The second kappa shape index (κ2) is 9.38. The predicted octanol–water partition coefficient (Wildman–Crippen LogP) is 1.72. The van der Waals surface area contributed by atoms with Crippen LogP contribution in [0.3, 0.4) is 0 Å². The Balaban J connectivity index is 1.83. The second-order valence-corrected chi connectivity index (χ2v) is 8.33. The molecule has 3 rings (SSSR count). The van der Waals surface area contributed by atoms with E-state index in [1.165, 1.54) is 12.1 Å². The number of hydrogen-bond acceptors (Lipinski definition) is 6. The predicted molar refractivity (Wildman–Crippen MR) is 117 cm³/mol. The van der Waals surface area contributed by atoms with E-state index in [2.05, 4.69) is 4.98 Å². The minimum absolute atomic E-state index is 0.0241. The van der Waals surface area contributed by atoms with Crippen molar-refractivity contribution in [2.24, 2.45) is 0 Å². The molecule has 0 N–H and O–H groups in total. The van der Waals surface area contributed by atoms with Gasteiger partial charge < -0.3 is 19.6 Å². The van der Waals surface area contributed by atoms with Gasteiger partial charge in [0.1, 0.15) is 17.5 Å². The zero-order valence-corrected chi connectivity index (χ0v) is 18.7. The molecule has 0 saturated carbocycles. The number of likely N-dealkylation sites (N-methyl/N-ethyl adjacent to an activating group) is 2. The molecule has 31 heavy (non-hydrogen) atoms. The third kappa shape index (κ3) is 5.55. The summed E-state index contributed by atoms with van der Waals surface area (Å²) in [5.74, 6) is 0.756. The Morgan fingerprint density at radius 2 is 1.81 bits per heavy atom. The van der Waals surface area contributed by atoms with E-state index in [0.29, 0.717) is 31.0 Å². The zero-order chi connectivity index (χ0) is 22.7. The molecule has 0 bridgehead atoms. The van der Waals surface area contributed by atoms with Gasteiger partial charge >= 0.3 is 0 Å². The summed E-state index contributed by atoms with van der Waals surface area (Å²) in [5, 5.41) is 0. The van der Waals surface area contributed by atoms with Crippen LogP contribution >= 0.6 is 0 Å². The molecule has 166 valence electrons. The van der Waals surface area contributed by atoms with Gasteiger partial charge in [-0.25, -0.2) is 14.4 Å². The average Bonchev–Trinajstić information content (AvgIpc) is 3.09. The van der Waals surface area contributed by atoms with Crippen molar-refractivity contribution < 1.29 is 14.0 Å². The smallest absolute Gasteiger partial charge is 0.236 e. The second-order valence-electron chi connectivity index (χ2n) is 8.33. The summed E-state index contributed by atoms with van der Waals surface area (Å²) < 4.78 is 13.3. The van der Waals surface area contributed by atoms with E-state index >= 15 is 0 Å². The first-order valence-corrected chi connectivity index (χ1v) is 10.1. The highest BCUT2D eigenvalue weighted by Gasteiger charge is 2.33. The topological polar surface area (TPSA) is 72.9 Å². The van der Waals surface area contributed by atoms with Gasteiger partial charge in [0.2, 0.25) is 11.8 Å². The van der Waals surface area contributed by atoms with Crippen LogP contribution in [-0.4, -0.2) is 79.9 Å². The largest absolute Gasteiger partial charge is 0.363 e. The van der Waals surface area contributed by atoms with Gasteiger partial charge in [0.15, 0.2) is 0 Å². The van der Waals surface area contributed by atoms with E-state index in [1.54, 1.807) is 29.0 Å². The third-order valence-corrected chi connectivity index (χ3v) is 5.17. The van der Waals surface area contributed by atoms with Crippen LogP contribution in [0, 0.1) is 5.82 Å². The summed E-state index contributed by atoms with van der Waals surface area (Å²) in [6.45, 7) is 1.05. The summed E-state index contributed by atoms with van der Waals surface area (Å²) in [6, 6.07) is 7.80. The van der Waals surface area contributed by atoms with Gasteiger partial charge in [0.05, 0.1) is 18.8 Å². The molecular formula is C22H29FN6O2. The lowest BCUT2D eigenvalue weighted by molar-refractivity contribution is -0.131. The highest BCUT2D eigenvalue weighted by Crippen LogP contribution is 2.32. The molecule has 0 radical (unpaired) electrons. The quantitative estimate of drug-likeness (QED) is 0.669. The van der Waals surface area contributed by atoms with Crippen molar-refractivity contribution in [3.8, 4) is 0 Å². The monoisotopic (exact) mass is 428 g/mol. The van der Waals surface area contributed by atoms with Crippen LogP contribution in [0.15, 0.2) is 30.3 Å². The molecule has 1 aromatic carbocycles. The Bertz CT molecular complexity index is 948. The van der Waals surface area contributed by atoms with Crippen molar-refractivity contribution in [3.63, 3.8) is 0 Å². The molecule has 2 aromatic rings. The first-order chi connectivity index (χ1) is 14.6. The number of nitrogens with zero attached hydrogens (tertiary/aromatic N) is 6. The van der Waals surface area contributed by atoms with E-state index < -0.39 is 0 Å². The molecule has 1 aromatic heterocycles. The molecule has 0 aliphatic carbocycles. The van der Waals surface area contributed by atoms with E-state index in [0.717, 1.165) is 11.5 Å². The number of carbonyl (C=O) groups excluding carboxylic acids is 2. The summed E-state index contributed by atoms with van der Waals surface area (Å²) in [6.07, 6.45) is 0.316. The molecule has 0 unspecified atom stereocenters. The Morgan fingerprint density at radius 3 is 2.42 bits per heavy atom. The fourth-order valence-electron chi connectivity index (χ4n) is 3.48. The molecule has 2 amide bonds. The molecular weight excluding hydrogens is 399 g/mol.